The van der Waals surface area contributed by atoms with Gasteiger partial charge >= 0.3 is 0 Å². The second kappa shape index (κ2) is 9.98. The van der Waals surface area contributed by atoms with Crippen LogP contribution in [0.2, 0.25) is 0 Å². The average Bonchev–Trinajstić information content (AvgIpc) is 3.44. The van der Waals surface area contributed by atoms with Crippen molar-refractivity contribution in [2.45, 2.75) is 17.7 Å². The molecule has 1 fully saturated rings. The highest BCUT2D eigenvalue weighted by molar-refractivity contribution is 7.92. The topological polar surface area (TPSA) is 118 Å². The smallest absolute Gasteiger partial charge is 0.291 e. The van der Waals surface area contributed by atoms with Crippen LogP contribution >= 0.6 is 0 Å². The number of carbonyl (C=O) groups excluding carboxylic acids is 1. The number of para-hydroxylation sites is 1. The van der Waals surface area contributed by atoms with Gasteiger partial charge in [0.2, 0.25) is 0 Å². The maximum Gasteiger partial charge on any atom is 0.291 e. The van der Waals surface area contributed by atoms with Gasteiger partial charge in [-0.15, -0.1) is 0 Å². The first-order valence-corrected chi connectivity index (χ1v) is 13.2. The van der Waals surface area contributed by atoms with Crippen LogP contribution in [-0.4, -0.2) is 34.5 Å². The predicted molar refractivity (Wildman–Crippen MR) is 142 cm³/mol. The number of ether oxygens (including phenoxy) is 1. The van der Waals surface area contributed by atoms with E-state index in [1.165, 1.54) is 13.2 Å². The number of benzene rings is 3. The molecule has 0 radical (unpaired) electrons. The molecule has 0 aliphatic carbocycles. The minimum absolute atomic E-state index is 0.0305. The van der Waals surface area contributed by atoms with E-state index in [0.717, 1.165) is 32.0 Å². The summed E-state index contributed by atoms with van der Waals surface area (Å²) < 4.78 is 40.3. The number of fused-ring (bicyclic) bond motifs is 1. The Bertz CT molecular complexity index is 1620. The fraction of sp³-hybridized carbons (Fsp3) is 0.185. The van der Waals surface area contributed by atoms with E-state index in [9.17, 15) is 18.0 Å². The van der Waals surface area contributed by atoms with Gasteiger partial charge in [0, 0.05) is 30.5 Å². The minimum Gasteiger partial charge on any atom is -0.497 e. The zero-order valence-corrected chi connectivity index (χ0v) is 20.9. The Kier molecular flexibility index (Phi) is 6.58. The van der Waals surface area contributed by atoms with E-state index < -0.39 is 15.9 Å². The lowest BCUT2D eigenvalue weighted by molar-refractivity contribution is 0.0997. The first-order valence-electron chi connectivity index (χ1n) is 11.7. The van der Waals surface area contributed by atoms with Crippen molar-refractivity contribution in [3.8, 4) is 5.75 Å². The van der Waals surface area contributed by atoms with Gasteiger partial charge in [-0.1, -0.05) is 12.1 Å². The molecule has 10 heteroatoms. The molecule has 5 rings (SSSR count). The molecule has 190 valence electrons. The summed E-state index contributed by atoms with van der Waals surface area (Å²) in [5.41, 5.74) is 1.12. The van der Waals surface area contributed by atoms with E-state index in [2.05, 4.69) is 10.0 Å². The molecule has 1 saturated heterocycles. The summed E-state index contributed by atoms with van der Waals surface area (Å²) in [5, 5.41) is 3.03. The van der Waals surface area contributed by atoms with Crippen LogP contribution in [0.5, 0.6) is 5.75 Å². The first-order chi connectivity index (χ1) is 17.8. The van der Waals surface area contributed by atoms with E-state index in [1.807, 2.05) is 4.90 Å². The molecule has 4 aromatic rings. The van der Waals surface area contributed by atoms with E-state index in [1.54, 1.807) is 60.7 Å². The van der Waals surface area contributed by atoms with Crippen molar-refractivity contribution in [3.63, 3.8) is 0 Å². The molecule has 1 aliphatic rings. The number of nitrogens with one attached hydrogen (secondary N) is 2. The van der Waals surface area contributed by atoms with Gasteiger partial charge in [0.15, 0.2) is 11.2 Å². The third-order valence-electron chi connectivity index (χ3n) is 6.15. The summed E-state index contributed by atoms with van der Waals surface area (Å²) >= 11 is 0. The highest BCUT2D eigenvalue weighted by atomic mass is 32.2. The van der Waals surface area contributed by atoms with Gasteiger partial charge in [-0.25, -0.2) is 8.42 Å². The number of hydrogen-bond donors (Lipinski definition) is 2. The molecule has 0 unspecified atom stereocenters. The molecule has 0 atom stereocenters. The molecule has 9 nitrogen and oxygen atoms in total. The van der Waals surface area contributed by atoms with Gasteiger partial charge in [-0.05, 0) is 67.4 Å². The van der Waals surface area contributed by atoms with Gasteiger partial charge in [0.1, 0.15) is 16.2 Å². The Labute approximate surface area is 213 Å². The molecule has 2 N–H and O–H groups in total. The Hall–Kier alpha value is -4.31. The monoisotopic (exact) mass is 519 g/mol. The lowest BCUT2D eigenvalue weighted by Crippen LogP contribution is -2.23. The Morgan fingerprint density at radius 1 is 0.946 bits per heavy atom. The molecular formula is C27H25N3O6S. The number of rotatable bonds is 7. The number of nitrogens with zero attached hydrogens (tertiary/aromatic N) is 1. The van der Waals surface area contributed by atoms with Crippen LogP contribution in [0, 0.1) is 0 Å². The lowest BCUT2D eigenvalue weighted by Gasteiger charge is -2.22. The number of methoxy groups -OCH3 is 1. The zero-order chi connectivity index (χ0) is 26.0. The second-order valence-corrected chi connectivity index (χ2v) is 10.3. The van der Waals surface area contributed by atoms with Gasteiger partial charge in [0.05, 0.1) is 18.2 Å². The van der Waals surface area contributed by atoms with Gasteiger partial charge in [-0.2, -0.15) is 0 Å². The van der Waals surface area contributed by atoms with Gasteiger partial charge in [-0.3, -0.25) is 14.3 Å². The van der Waals surface area contributed by atoms with Gasteiger partial charge < -0.3 is 19.4 Å². The molecule has 0 spiro atoms. The van der Waals surface area contributed by atoms with Crippen molar-refractivity contribution in [1.29, 1.82) is 0 Å². The molecule has 1 amide bonds. The first kappa shape index (κ1) is 24.4. The fourth-order valence-corrected chi connectivity index (χ4v) is 5.62. The van der Waals surface area contributed by atoms with Crippen molar-refractivity contribution in [3.05, 3.63) is 88.8 Å². The molecular weight excluding hydrogens is 494 g/mol. The van der Waals surface area contributed by atoms with E-state index in [-0.39, 0.29) is 27.4 Å². The van der Waals surface area contributed by atoms with Gasteiger partial charge in [0.25, 0.3) is 15.9 Å². The summed E-state index contributed by atoms with van der Waals surface area (Å²) in [4.78, 5) is 27.4. The van der Waals surface area contributed by atoms with Crippen molar-refractivity contribution in [2.75, 3.05) is 35.1 Å². The van der Waals surface area contributed by atoms with Crippen LogP contribution in [0.3, 0.4) is 0 Å². The third-order valence-corrected chi connectivity index (χ3v) is 7.57. The number of amides is 1. The van der Waals surface area contributed by atoms with E-state index >= 15 is 0 Å². The average molecular weight is 520 g/mol. The van der Waals surface area contributed by atoms with Crippen molar-refractivity contribution in [2.24, 2.45) is 0 Å². The van der Waals surface area contributed by atoms with Crippen molar-refractivity contribution in [1.82, 2.24) is 0 Å². The number of anilines is 3. The van der Waals surface area contributed by atoms with Crippen LogP contribution in [0.1, 0.15) is 23.4 Å². The molecule has 1 aromatic heterocycles. The molecule has 0 saturated carbocycles. The Morgan fingerprint density at radius 2 is 1.65 bits per heavy atom. The molecule has 1 aliphatic heterocycles. The lowest BCUT2D eigenvalue weighted by atomic mass is 10.2. The van der Waals surface area contributed by atoms with Crippen molar-refractivity contribution >= 4 is 44.0 Å². The molecule has 2 heterocycles. The number of sulfonamides is 1. The highest BCUT2D eigenvalue weighted by Gasteiger charge is 2.25. The highest BCUT2D eigenvalue weighted by Crippen LogP contribution is 2.32. The third kappa shape index (κ3) is 5.14. The second-order valence-electron chi connectivity index (χ2n) is 8.64. The van der Waals surface area contributed by atoms with Crippen LogP contribution in [0.15, 0.2) is 86.9 Å². The van der Waals surface area contributed by atoms with Crippen LogP contribution in [0.25, 0.3) is 11.0 Å². The molecule has 3 aromatic carbocycles. The maximum atomic E-state index is 13.5. The summed E-state index contributed by atoms with van der Waals surface area (Å²) in [6.45, 7) is 1.47. The maximum absolute atomic E-state index is 13.5. The molecule has 37 heavy (non-hydrogen) atoms. The van der Waals surface area contributed by atoms with Crippen LogP contribution < -0.4 is 25.1 Å². The summed E-state index contributed by atoms with van der Waals surface area (Å²) in [6.07, 6.45) is 1.93. The zero-order valence-electron chi connectivity index (χ0n) is 20.1. The SMILES string of the molecule is COc1ccc(NS(=O)(=O)c2cc(NC(=O)c3cc(=O)c4ccccc4o3)ccc2N2CCCC2)cc1. The Balaban J connectivity index is 1.48. The fourth-order valence-electron chi connectivity index (χ4n) is 4.30. The minimum atomic E-state index is -4.02. The normalized spacial score (nSPS) is 13.5. The summed E-state index contributed by atoms with van der Waals surface area (Å²) in [5.74, 6) is -0.234. The molecule has 0 bridgehead atoms. The van der Waals surface area contributed by atoms with Crippen LogP contribution in [0.4, 0.5) is 17.1 Å². The number of hydrogen-bond acceptors (Lipinski definition) is 7. The number of carbonyl (C=O) groups is 1. The standard InChI is InChI=1S/C27H25N3O6S/c1-35-20-11-8-18(9-12-20)29-37(33,34)26-16-19(10-13-22(26)30-14-4-5-15-30)28-27(32)25-17-23(31)21-6-2-3-7-24(21)36-25/h2-3,6-13,16-17,29H,4-5,14-15H2,1H3,(H,28,32). The van der Waals surface area contributed by atoms with Crippen molar-refractivity contribution < 1.29 is 22.4 Å². The van der Waals surface area contributed by atoms with Crippen LogP contribution in [-0.2, 0) is 10.0 Å². The van der Waals surface area contributed by atoms with E-state index in [0.29, 0.717) is 22.5 Å². The quantitative estimate of drug-likeness (QED) is 0.370. The predicted octanol–water partition coefficient (Wildman–Crippen LogP) is 4.45. The summed E-state index contributed by atoms with van der Waals surface area (Å²) in [6, 6.07) is 19.0. The van der Waals surface area contributed by atoms with E-state index in [4.69, 9.17) is 9.15 Å². The Morgan fingerprint density at radius 3 is 2.38 bits per heavy atom. The summed E-state index contributed by atoms with van der Waals surface area (Å²) in [7, 11) is -2.48. The largest absolute Gasteiger partial charge is 0.497 e.